The van der Waals surface area contributed by atoms with E-state index in [0.29, 0.717) is 0 Å². The summed E-state index contributed by atoms with van der Waals surface area (Å²) >= 11 is 7.13. The fraction of sp³-hybridized carbons (Fsp3) is 0.382. The molecular formula is C34H31ClF6N4. The lowest BCUT2D eigenvalue weighted by Gasteiger charge is -2.45. The van der Waals surface area contributed by atoms with Crippen molar-refractivity contribution >= 4 is 17.2 Å². The second kappa shape index (κ2) is 9.28. The van der Waals surface area contributed by atoms with Crippen LogP contribution in [0.4, 0.5) is 26.3 Å². The molecule has 45 heavy (non-hydrogen) atoms. The molecule has 236 valence electrons. The van der Waals surface area contributed by atoms with Gasteiger partial charge in [-0.2, -0.15) is 31.4 Å². The number of hydrogen-bond acceptors (Lipinski definition) is 2. The number of para-hydroxylation sites is 1. The second-order valence-electron chi connectivity index (χ2n) is 13.1. The molecule has 0 saturated heterocycles. The Bertz CT molecular complexity index is 1910. The normalized spacial score (nSPS) is 23.6. The highest BCUT2D eigenvalue weighted by Gasteiger charge is 2.54. The van der Waals surface area contributed by atoms with Gasteiger partial charge in [0.2, 0.25) is 0 Å². The van der Waals surface area contributed by atoms with Gasteiger partial charge in [-0.3, -0.25) is 4.90 Å². The number of aromatic nitrogens is 3. The average molecular weight is 645 g/mol. The molecule has 1 N–H and O–H groups in total. The number of alkyl halides is 7. The van der Waals surface area contributed by atoms with Crippen molar-refractivity contribution in [2.24, 2.45) is 0 Å². The van der Waals surface area contributed by atoms with Crippen LogP contribution in [0.3, 0.4) is 0 Å². The third kappa shape index (κ3) is 4.13. The third-order valence-corrected chi connectivity index (χ3v) is 10.3. The van der Waals surface area contributed by atoms with Gasteiger partial charge in [-0.25, -0.2) is 4.68 Å². The van der Waals surface area contributed by atoms with Crippen molar-refractivity contribution in [3.63, 3.8) is 0 Å². The van der Waals surface area contributed by atoms with Gasteiger partial charge in [-0.15, -0.1) is 11.6 Å². The number of nitrogens with one attached hydrogen (secondary N) is 1. The molecule has 0 radical (unpaired) electrons. The van der Waals surface area contributed by atoms with Gasteiger partial charge in [-0.1, -0.05) is 37.3 Å². The van der Waals surface area contributed by atoms with Gasteiger partial charge in [0.1, 0.15) is 4.87 Å². The summed E-state index contributed by atoms with van der Waals surface area (Å²) in [5.41, 5.74) is 4.17. The highest BCUT2D eigenvalue weighted by atomic mass is 35.5. The number of benzene rings is 2. The number of aromatic amines is 1. The standard InChI is InChI=1S/C34H31ClF6N4/c1-6-18-8-7-9-21-25-15-31(4,35)28-23(12-13-42-28)32(25,5)29-22-17-44(30(2,3)27(22)43-45(29)26(18)21)16-19-10-11-20(33(36,37)38)14-24(19)34(39,40)41/h7-15,42H,6,16-17H2,1-5H3. The van der Waals surface area contributed by atoms with Crippen LogP contribution in [0, 0.1) is 0 Å². The Morgan fingerprint density at radius 2 is 1.69 bits per heavy atom. The average Bonchev–Trinajstić information content (AvgIpc) is 3.65. The van der Waals surface area contributed by atoms with Crippen molar-refractivity contribution in [2.75, 3.05) is 0 Å². The molecule has 4 aromatic rings. The van der Waals surface area contributed by atoms with Crippen LogP contribution in [0.15, 0.2) is 54.7 Å². The molecule has 0 bridgehead atoms. The largest absolute Gasteiger partial charge is 0.416 e. The number of allylic oxidation sites excluding steroid dienone is 2. The van der Waals surface area contributed by atoms with Crippen LogP contribution in [0.25, 0.3) is 11.3 Å². The van der Waals surface area contributed by atoms with E-state index in [1.54, 1.807) is 0 Å². The van der Waals surface area contributed by atoms with E-state index >= 15 is 0 Å². The quantitative estimate of drug-likeness (QED) is 0.178. The first-order chi connectivity index (χ1) is 20.9. The van der Waals surface area contributed by atoms with Crippen LogP contribution < -0.4 is 0 Å². The summed E-state index contributed by atoms with van der Waals surface area (Å²) in [6.45, 7) is 10.0. The van der Waals surface area contributed by atoms with Crippen molar-refractivity contribution in [3.05, 3.63) is 111 Å². The Morgan fingerprint density at radius 1 is 0.956 bits per heavy atom. The summed E-state index contributed by atoms with van der Waals surface area (Å²) in [7, 11) is 0. The maximum absolute atomic E-state index is 14.1. The first-order valence-electron chi connectivity index (χ1n) is 14.8. The number of nitrogens with zero attached hydrogens (tertiary/aromatic N) is 3. The molecule has 2 atom stereocenters. The molecule has 4 nitrogen and oxygen atoms in total. The fourth-order valence-electron chi connectivity index (χ4n) is 7.69. The van der Waals surface area contributed by atoms with Crippen LogP contribution in [0.2, 0.25) is 0 Å². The maximum Gasteiger partial charge on any atom is 0.416 e. The zero-order valence-corrected chi connectivity index (χ0v) is 26.1. The lowest BCUT2D eigenvalue weighted by atomic mass is 9.63. The monoisotopic (exact) mass is 644 g/mol. The lowest BCUT2D eigenvalue weighted by molar-refractivity contribution is -0.143. The molecule has 1 aliphatic carbocycles. The van der Waals surface area contributed by atoms with E-state index in [1.807, 2.05) is 48.7 Å². The SMILES string of the molecule is CCc1cccc2c1-n1nc3c(c1C1(C)C2=CC(C)(Cl)c2[nH]ccc21)CN(Cc1ccc(C(F)(F)F)cc1C(F)(F)F)C3(C)C. The summed E-state index contributed by atoms with van der Waals surface area (Å²) in [4.78, 5) is 4.39. The Kier molecular flexibility index (Phi) is 6.22. The highest BCUT2D eigenvalue weighted by molar-refractivity contribution is 6.26. The first kappa shape index (κ1) is 30.2. The molecule has 0 amide bonds. The molecule has 2 aromatic carbocycles. The number of fused-ring (bicyclic) bond motifs is 10. The van der Waals surface area contributed by atoms with E-state index in [9.17, 15) is 26.3 Å². The Morgan fingerprint density at radius 3 is 2.36 bits per heavy atom. The van der Waals surface area contributed by atoms with Crippen molar-refractivity contribution in [1.82, 2.24) is 19.7 Å². The van der Waals surface area contributed by atoms with Gasteiger partial charge in [0.25, 0.3) is 0 Å². The molecule has 2 aliphatic heterocycles. The number of hydrogen-bond donors (Lipinski definition) is 1. The van der Waals surface area contributed by atoms with E-state index in [4.69, 9.17) is 16.7 Å². The third-order valence-electron chi connectivity index (χ3n) is 10.0. The number of H-pyrrole nitrogens is 1. The van der Waals surface area contributed by atoms with E-state index in [0.717, 1.165) is 69.1 Å². The summed E-state index contributed by atoms with van der Waals surface area (Å²) < 4.78 is 84.5. The van der Waals surface area contributed by atoms with Crippen LogP contribution in [0.1, 0.15) is 90.6 Å². The van der Waals surface area contributed by atoms with Crippen LogP contribution in [-0.4, -0.2) is 19.7 Å². The smallest absolute Gasteiger partial charge is 0.363 e. The molecule has 0 spiro atoms. The Labute approximate surface area is 261 Å². The predicted molar refractivity (Wildman–Crippen MR) is 160 cm³/mol. The van der Waals surface area contributed by atoms with Gasteiger partial charge in [0.15, 0.2) is 0 Å². The molecule has 11 heteroatoms. The molecule has 3 aliphatic rings. The Balaban J connectivity index is 1.41. The predicted octanol–water partition coefficient (Wildman–Crippen LogP) is 9.22. The highest BCUT2D eigenvalue weighted by Crippen LogP contribution is 2.59. The summed E-state index contributed by atoms with van der Waals surface area (Å²) in [6, 6.07) is 10.1. The minimum absolute atomic E-state index is 0.207. The molecule has 2 aromatic heterocycles. The van der Waals surface area contributed by atoms with Crippen molar-refractivity contribution in [2.45, 2.75) is 82.3 Å². The maximum atomic E-state index is 14.1. The fourth-order valence-corrected chi connectivity index (χ4v) is 7.95. The van der Waals surface area contributed by atoms with Crippen molar-refractivity contribution in [3.8, 4) is 5.69 Å². The summed E-state index contributed by atoms with van der Waals surface area (Å²) in [5, 5.41) is 5.21. The molecule has 4 heterocycles. The molecule has 2 unspecified atom stereocenters. The second-order valence-corrected chi connectivity index (χ2v) is 13.8. The van der Waals surface area contributed by atoms with Crippen LogP contribution in [-0.2, 0) is 47.7 Å². The minimum Gasteiger partial charge on any atom is -0.363 e. The van der Waals surface area contributed by atoms with Gasteiger partial charge in [-0.05, 0) is 74.6 Å². The topological polar surface area (TPSA) is 36.9 Å². The lowest BCUT2D eigenvalue weighted by Crippen LogP contribution is -2.41. The van der Waals surface area contributed by atoms with E-state index in [-0.39, 0.29) is 24.7 Å². The molecular weight excluding hydrogens is 614 g/mol. The number of halogens is 7. The Hall–Kier alpha value is -3.50. The van der Waals surface area contributed by atoms with E-state index in [2.05, 4.69) is 37.0 Å². The zero-order valence-electron chi connectivity index (χ0n) is 25.3. The van der Waals surface area contributed by atoms with Gasteiger partial charge < -0.3 is 4.98 Å². The first-order valence-corrected chi connectivity index (χ1v) is 15.2. The summed E-state index contributed by atoms with van der Waals surface area (Å²) in [5.74, 6) is 0. The minimum atomic E-state index is -4.95. The van der Waals surface area contributed by atoms with Gasteiger partial charge in [0.05, 0.1) is 39.2 Å². The van der Waals surface area contributed by atoms with E-state index < -0.39 is 39.3 Å². The number of aryl methyl sites for hydroxylation is 1. The van der Waals surface area contributed by atoms with Crippen LogP contribution >= 0.6 is 11.6 Å². The van der Waals surface area contributed by atoms with Gasteiger partial charge >= 0.3 is 12.4 Å². The zero-order chi connectivity index (χ0) is 32.5. The van der Waals surface area contributed by atoms with Crippen molar-refractivity contribution < 1.29 is 26.3 Å². The van der Waals surface area contributed by atoms with Crippen molar-refractivity contribution in [1.29, 1.82) is 0 Å². The number of rotatable bonds is 3. The van der Waals surface area contributed by atoms with Crippen LogP contribution in [0.5, 0.6) is 0 Å². The van der Waals surface area contributed by atoms with E-state index in [1.165, 1.54) is 0 Å². The molecule has 0 saturated carbocycles. The molecule has 7 rings (SSSR count). The summed E-state index contributed by atoms with van der Waals surface area (Å²) in [6.07, 6.45) is -5.13. The molecule has 0 fully saturated rings. The van der Waals surface area contributed by atoms with Gasteiger partial charge in [0, 0.05) is 36.1 Å².